The summed E-state index contributed by atoms with van der Waals surface area (Å²) in [6.07, 6.45) is 4.82. The van der Waals surface area contributed by atoms with Gasteiger partial charge in [-0.05, 0) is 39.7 Å². The number of H-pyrrole nitrogens is 1. The number of rotatable bonds is 2. The standard InChI is InChI=1S/C11H18N4O/c1-8-7-13-15-9(8)14-10(16)11(2)5-3-4-6-12-11/h7,12H,3-6H2,1-2H3,(H2,13,14,15,16). The van der Waals surface area contributed by atoms with Crippen LogP contribution in [-0.4, -0.2) is 28.2 Å². The lowest BCUT2D eigenvalue weighted by molar-refractivity contribution is -0.122. The number of hydrogen-bond acceptors (Lipinski definition) is 3. The second-order valence-corrected chi connectivity index (χ2v) is 4.60. The average Bonchev–Trinajstić information content (AvgIpc) is 2.65. The number of aryl methyl sites for hydroxylation is 1. The van der Waals surface area contributed by atoms with Crippen LogP contribution >= 0.6 is 0 Å². The van der Waals surface area contributed by atoms with Crippen LogP contribution < -0.4 is 10.6 Å². The third kappa shape index (κ3) is 2.09. The minimum atomic E-state index is -0.449. The Morgan fingerprint density at radius 2 is 2.38 bits per heavy atom. The van der Waals surface area contributed by atoms with Crippen LogP contribution in [0.1, 0.15) is 31.7 Å². The van der Waals surface area contributed by atoms with Gasteiger partial charge in [0.2, 0.25) is 5.91 Å². The fourth-order valence-corrected chi connectivity index (χ4v) is 1.97. The van der Waals surface area contributed by atoms with Gasteiger partial charge in [0.25, 0.3) is 0 Å². The van der Waals surface area contributed by atoms with Crippen LogP contribution in [0.15, 0.2) is 6.20 Å². The van der Waals surface area contributed by atoms with Gasteiger partial charge in [0.1, 0.15) is 5.82 Å². The largest absolute Gasteiger partial charge is 0.309 e. The molecule has 0 bridgehead atoms. The van der Waals surface area contributed by atoms with E-state index in [9.17, 15) is 4.79 Å². The Balaban J connectivity index is 2.05. The number of nitrogens with one attached hydrogen (secondary N) is 3. The molecule has 1 amide bonds. The van der Waals surface area contributed by atoms with E-state index in [1.807, 2.05) is 13.8 Å². The molecule has 1 aliphatic heterocycles. The van der Waals surface area contributed by atoms with Crippen molar-refractivity contribution < 1.29 is 4.79 Å². The van der Waals surface area contributed by atoms with Crippen LogP contribution in [0.4, 0.5) is 5.82 Å². The van der Waals surface area contributed by atoms with Crippen molar-refractivity contribution >= 4 is 11.7 Å². The van der Waals surface area contributed by atoms with Gasteiger partial charge in [-0.1, -0.05) is 0 Å². The van der Waals surface area contributed by atoms with E-state index in [0.717, 1.165) is 31.4 Å². The fourth-order valence-electron chi connectivity index (χ4n) is 1.97. The Labute approximate surface area is 95.0 Å². The smallest absolute Gasteiger partial charge is 0.245 e. The predicted molar refractivity (Wildman–Crippen MR) is 62.2 cm³/mol. The monoisotopic (exact) mass is 222 g/mol. The lowest BCUT2D eigenvalue weighted by atomic mass is 9.90. The molecule has 2 rings (SSSR count). The Kier molecular flexibility index (Phi) is 2.96. The van der Waals surface area contributed by atoms with Gasteiger partial charge in [-0.15, -0.1) is 0 Å². The van der Waals surface area contributed by atoms with E-state index in [2.05, 4.69) is 20.8 Å². The number of anilines is 1. The first-order valence-corrected chi connectivity index (χ1v) is 5.68. The molecule has 0 spiro atoms. The van der Waals surface area contributed by atoms with Crippen molar-refractivity contribution in [3.05, 3.63) is 11.8 Å². The molecule has 5 heteroatoms. The molecule has 1 atom stereocenters. The molecule has 1 saturated heterocycles. The van der Waals surface area contributed by atoms with Crippen molar-refractivity contribution in [1.29, 1.82) is 0 Å². The van der Waals surface area contributed by atoms with Crippen LogP contribution in [0.5, 0.6) is 0 Å². The molecule has 5 nitrogen and oxygen atoms in total. The van der Waals surface area contributed by atoms with E-state index in [-0.39, 0.29) is 5.91 Å². The summed E-state index contributed by atoms with van der Waals surface area (Å²) in [6, 6.07) is 0. The Morgan fingerprint density at radius 3 is 2.94 bits per heavy atom. The maximum Gasteiger partial charge on any atom is 0.245 e. The van der Waals surface area contributed by atoms with E-state index in [0.29, 0.717) is 5.82 Å². The highest BCUT2D eigenvalue weighted by Crippen LogP contribution is 2.21. The molecule has 16 heavy (non-hydrogen) atoms. The summed E-state index contributed by atoms with van der Waals surface area (Å²) >= 11 is 0. The van der Waals surface area contributed by atoms with E-state index in [1.165, 1.54) is 0 Å². The quantitative estimate of drug-likeness (QED) is 0.704. The Bertz CT molecular complexity index is 379. The number of piperidine rings is 1. The highest BCUT2D eigenvalue weighted by Gasteiger charge is 2.34. The van der Waals surface area contributed by atoms with E-state index < -0.39 is 5.54 Å². The summed E-state index contributed by atoms with van der Waals surface area (Å²) in [7, 11) is 0. The molecule has 0 saturated carbocycles. The molecule has 0 aromatic carbocycles. The van der Waals surface area contributed by atoms with Gasteiger partial charge < -0.3 is 10.6 Å². The molecule has 1 aromatic rings. The maximum absolute atomic E-state index is 12.1. The minimum Gasteiger partial charge on any atom is -0.309 e. The SMILES string of the molecule is Cc1cn[nH]c1NC(=O)C1(C)CCCCN1. The molecular formula is C11H18N4O. The van der Waals surface area contributed by atoms with Crippen molar-refractivity contribution in [2.45, 2.75) is 38.6 Å². The molecule has 1 unspecified atom stereocenters. The molecule has 1 aromatic heterocycles. The highest BCUT2D eigenvalue weighted by atomic mass is 16.2. The van der Waals surface area contributed by atoms with Crippen molar-refractivity contribution in [3.63, 3.8) is 0 Å². The van der Waals surface area contributed by atoms with Gasteiger partial charge in [-0.25, -0.2) is 0 Å². The third-order valence-electron chi connectivity index (χ3n) is 3.19. The molecule has 0 radical (unpaired) electrons. The normalized spacial score (nSPS) is 25.4. The van der Waals surface area contributed by atoms with Crippen molar-refractivity contribution in [2.24, 2.45) is 0 Å². The summed E-state index contributed by atoms with van der Waals surface area (Å²) in [4.78, 5) is 12.1. The first-order chi connectivity index (χ1) is 7.62. The molecule has 1 aliphatic rings. The number of hydrogen-bond donors (Lipinski definition) is 3. The van der Waals surface area contributed by atoms with Crippen molar-refractivity contribution in [2.75, 3.05) is 11.9 Å². The van der Waals surface area contributed by atoms with E-state index in [4.69, 9.17) is 0 Å². The molecule has 88 valence electrons. The topological polar surface area (TPSA) is 69.8 Å². The number of nitrogens with zero attached hydrogens (tertiary/aromatic N) is 1. The Hall–Kier alpha value is -1.36. The molecule has 3 N–H and O–H groups in total. The van der Waals surface area contributed by atoms with Gasteiger partial charge >= 0.3 is 0 Å². The van der Waals surface area contributed by atoms with Crippen LogP contribution in [0, 0.1) is 6.92 Å². The van der Waals surface area contributed by atoms with Crippen molar-refractivity contribution in [3.8, 4) is 0 Å². The second kappa shape index (κ2) is 4.25. The van der Waals surface area contributed by atoms with Gasteiger partial charge in [-0.2, -0.15) is 5.10 Å². The van der Waals surface area contributed by atoms with Crippen LogP contribution in [0.25, 0.3) is 0 Å². The zero-order valence-electron chi connectivity index (χ0n) is 9.76. The van der Waals surface area contributed by atoms with Crippen LogP contribution in [0.3, 0.4) is 0 Å². The summed E-state index contributed by atoms with van der Waals surface area (Å²) in [5.74, 6) is 0.707. The third-order valence-corrected chi connectivity index (χ3v) is 3.19. The number of aromatic nitrogens is 2. The molecule has 1 fully saturated rings. The van der Waals surface area contributed by atoms with E-state index >= 15 is 0 Å². The number of aromatic amines is 1. The summed E-state index contributed by atoms with van der Waals surface area (Å²) in [6.45, 7) is 4.77. The second-order valence-electron chi connectivity index (χ2n) is 4.60. The zero-order valence-corrected chi connectivity index (χ0v) is 9.76. The number of amides is 1. The Morgan fingerprint density at radius 1 is 1.56 bits per heavy atom. The summed E-state index contributed by atoms with van der Waals surface area (Å²) < 4.78 is 0. The van der Waals surface area contributed by atoms with Crippen LogP contribution in [-0.2, 0) is 4.79 Å². The molecule has 2 heterocycles. The lowest BCUT2D eigenvalue weighted by Gasteiger charge is -2.33. The van der Waals surface area contributed by atoms with Gasteiger partial charge in [-0.3, -0.25) is 9.89 Å². The van der Waals surface area contributed by atoms with Crippen molar-refractivity contribution in [1.82, 2.24) is 15.5 Å². The average molecular weight is 222 g/mol. The van der Waals surface area contributed by atoms with Crippen LogP contribution in [0.2, 0.25) is 0 Å². The maximum atomic E-state index is 12.1. The summed E-state index contributed by atoms with van der Waals surface area (Å²) in [5, 5.41) is 12.8. The minimum absolute atomic E-state index is 0.0135. The van der Waals surface area contributed by atoms with Gasteiger partial charge in [0.05, 0.1) is 11.7 Å². The molecule has 0 aliphatic carbocycles. The van der Waals surface area contributed by atoms with Gasteiger partial charge in [0, 0.05) is 5.56 Å². The number of carbonyl (C=O) groups excluding carboxylic acids is 1. The zero-order chi connectivity index (χ0) is 11.6. The molecular weight excluding hydrogens is 204 g/mol. The first-order valence-electron chi connectivity index (χ1n) is 5.68. The fraction of sp³-hybridized carbons (Fsp3) is 0.636. The highest BCUT2D eigenvalue weighted by molar-refractivity contribution is 5.97. The van der Waals surface area contributed by atoms with E-state index in [1.54, 1.807) is 6.20 Å². The van der Waals surface area contributed by atoms with Gasteiger partial charge in [0.15, 0.2) is 0 Å². The predicted octanol–water partition coefficient (Wildman–Crippen LogP) is 1.19. The lowest BCUT2D eigenvalue weighted by Crippen LogP contribution is -2.54. The first kappa shape index (κ1) is 11.1. The number of carbonyl (C=O) groups is 1. The summed E-state index contributed by atoms with van der Waals surface area (Å²) in [5.41, 5.74) is 0.503.